The van der Waals surface area contributed by atoms with Gasteiger partial charge in [0.05, 0.1) is 16.8 Å². The van der Waals surface area contributed by atoms with Crippen molar-refractivity contribution >= 4 is 22.7 Å². The van der Waals surface area contributed by atoms with Gasteiger partial charge in [0.15, 0.2) is 17.3 Å². The first kappa shape index (κ1) is 29.0. The molecule has 6 rings (SSSR count). The number of benzene rings is 2. The largest absolute Gasteiger partial charge is 0.288 e. The van der Waals surface area contributed by atoms with Gasteiger partial charge in [0.25, 0.3) is 6.33 Å². The van der Waals surface area contributed by atoms with E-state index in [1.54, 1.807) is 0 Å². The third-order valence-corrected chi connectivity index (χ3v) is 9.33. The summed E-state index contributed by atoms with van der Waals surface area (Å²) in [6.45, 7) is 13.6. The predicted molar refractivity (Wildman–Crippen MR) is 176 cm³/mol. The van der Waals surface area contributed by atoms with E-state index >= 15 is 0 Å². The minimum atomic E-state index is -0.375. The highest BCUT2D eigenvalue weighted by molar-refractivity contribution is 5.95. The monoisotopic (exact) mass is 571 g/mol. The Balaban J connectivity index is 1.69. The Bertz CT molecular complexity index is 1830. The number of hydrogen-bond acceptors (Lipinski definition) is 2. The van der Waals surface area contributed by atoms with Crippen LogP contribution in [-0.4, -0.2) is 14.8 Å². The van der Waals surface area contributed by atoms with E-state index in [0.717, 1.165) is 41.9 Å². The van der Waals surface area contributed by atoms with Crippen molar-refractivity contribution < 1.29 is 9.13 Å². The molecule has 220 valence electrons. The molecule has 0 saturated carbocycles. The maximum absolute atomic E-state index is 5.41. The first-order valence-electron chi connectivity index (χ1n) is 15.9. The van der Waals surface area contributed by atoms with Gasteiger partial charge >= 0.3 is 0 Å². The number of unbranched alkanes of at least 4 members (excludes halogenated alkanes) is 1. The Kier molecular flexibility index (Phi) is 7.53. The van der Waals surface area contributed by atoms with Gasteiger partial charge in [0.2, 0.25) is 5.69 Å². The van der Waals surface area contributed by atoms with Crippen LogP contribution in [0.15, 0.2) is 79.3 Å². The lowest BCUT2D eigenvalue weighted by Gasteiger charge is -2.33. The first-order valence-corrected chi connectivity index (χ1v) is 15.9. The summed E-state index contributed by atoms with van der Waals surface area (Å²) in [4.78, 5) is 5.14. The van der Waals surface area contributed by atoms with Gasteiger partial charge in [-0.05, 0) is 72.1 Å². The topological polar surface area (TPSA) is 38.5 Å². The van der Waals surface area contributed by atoms with E-state index in [0.29, 0.717) is 0 Å². The molecular formula is C38H45N5+2. The molecule has 2 aromatic carbocycles. The lowest BCUT2D eigenvalue weighted by molar-refractivity contribution is -0.742. The molecule has 0 fully saturated rings. The van der Waals surface area contributed by atoms with Gasteiger partial charge in [-0.1, -0.05) is 78.3 Å². The van der Waals surface area contributed by atoms with Crippen LogP contribution in [0.4, 0.5) is 0 Å². The molecule has 0 atom stereocenters. The lowest BCUT2D eigenvalue weighted by Crippen LogP contribution is -2.58. The Labute approximate surface area is 256 Å². The number of fused-ring (bicyclic) bond motifs is 5. The molecule has 4 heterocycles. The van der Waals surface area contributed by atoms with Gasteiger partial charge in [0, 0.05) is 23.1 Å². The van der Waals surface area contributed by atoms with Gasteiger partial charge in [-0.3, -0.25) is 0 Å². The van der Waals surface area contributed by atoms with Crippen molar-refractivity contribution in [2.75, 3.05) is 0 Å². The lowest BCUT2D eigenvalue weighted by atomic mass is 9.87. The molecule has 0 unspecified atom stereocenters. The molecule has 5 aromatic rings. The average molecular weight is 572 g/mol. The maximum Gasteiger partial charge on any atom is 0.288 e. The Morgan fingerprint density at radius 1 is 0.907 bits per heavy atom. The summed E-state index contributed by atoms with van der Waals surface area (Å²) < 4.78 is 6.89. The number of hydrogen-bond donors (Lipinski definition) is 0. The summed E-state index contributed by atoms with van der Waals surface area (Å²) in [7, 11) is 2.11. The molecule has 0 saturated heterocycles. The van der Waals surface area contributed by atoms with Crippen LogP contribution < -0.4 is 9.13 Å². The Morgan fingerprint density at radius 2 is 1.67 bits per heavy atom. The van der Waals surface area contributed by atoms with E-state index in [9.17, 15) is 0 Å². The average Bonchev–Trinajstić information content (AvgIpc) is 3.41. The zero-order chi connectivity index (χ0) is 30.4. The summed E-state index contributed by atoms with van der Waals surface area (Å²) in [5, 5.41) is 6.60. The van der Waals surface area contributed by atoms with E-state index < -0.39 is 0 Å². The second-order valence-corrected chi connectivity index (χ2v) is 13.0. The maximum atomic E-state index is 5.41. The van der Waals surface area contributed by atoms with Gasteiger partial charge in [-0.2, -0.15) is 9.67 Å². The highest BCUT2D eigenvalue weighted by Crippen LogP contribution is 2.43. The van der Waals surface area contributed by atoms with E-state index in [1.807, 2.05) is 0 Å². The van der Waals surface area contributed by atoms with Crippen molar-refractivity contribution in [3.05, 3.63) is 96.1 Å². The zero-order valence-corrected chi connectivity index (χ0v) is 26.9. The summed E-state index contributed by atoms with van der Waals surface area (Å²) in [6.07, 6.45) is 11.9. The summed E-state index contributed by atoms with van der Waals surface area (Å²) in [5.41, 5.74) is 10.1. The second kappa shape index (κ2) is 11.2. The predicted octanol–water partition coefficient (Wildman–Crippen LogP) is 8.04. The molecule has 0 radical (unpaired) electrons. The summed E-state index contributed by atoms with van der Waals surface area (Å²) in [5.74, 6) is 0. The summed E-state index contributed by atoms with van der Waals surface area (Å²) in [6, 6.07) is 24.4. The van der Waals surface area contributed by atoms with Crippen LogP contribution in [0, 0.1) is 0 Å². The van der Waals surface area contributed by atoms with E-state index in [-0.39, 0.29) is 11.0 Å². The van der Waals surface area contributed by atoms with Gasteiger partial charge < -0.3 is 0 Å². The quantitative estimate of drug-likeness (QED) is 0.185. The molecular weight excluding hydrogens is 526 g/mol. The van der Waals surface area contributed by atoms with Crippen LogP contribution in [0.1, 0.15) is 84.0 Å². The van der Waals surface area contributed by atoms with Crippen molar-refractivity contribution in [2.24, 2.45) is 7.05 Å². The fourth-order valence-corrected chi connectivity index (χ4v) is 6.69. The zero-order valence-electron chi connectivity index (χ0n) is 26.9. The third kappa shape index (κ3) is 4.89. The number of aromatic nitrogens is 5. The number of aryl methyl sites for hydroxylation is 2. The molecule has 5 heteroatoms. The smallest absolute Gasteiger partial charge is 0.226 e. The third-order valence-electron chi connectivity index (χ3n) is 9.33. The van der Waals surface area contributed by atoms with Crippen LogP contribution >= 0.6 is 0 Å². The van der Waals surface area contributed by atoms with Crippen LogP contribution in [0.25, 0.3) is 45.3 Å². The normalized spacial score (nSPS) is 14.3. The van der Waals surface area contributed by atoms with E-state index in [1.165, 1.54) is 46.3 Å². The fourth-order valence-electron chi connectivity index (χ4n) is 6.69. The Hall–Kier alpha value is -4.12. The number of pyridine rings is 1. The highest BCUT2D eigenvalue weighted by atomic mass is 15.3. The first-order chi connectivity index (χ1) is 20.7. The van der Waals surface area contributed by atoms with Crippen LogP contribution in [0.2, 0.25) is 0 Å². The van der Waals surface area contributed by atoms with Crippen LogP contribution in [-0.2, 0) is 24.4 Å². The molecule has 1 aliphatic rings. The van der Waals surface area contributed by atoms with E-state index in [2.05, 4.69) is 148 Å². The van der Waals surface area contributed by atoms with E-state index in [4.69, 9.17) is 10.1 Å². The molecule has 0 aliphatic carbocycles. The standard InChI is InChI=1S/C38H45N5/c1-8-11-16-27-20-21-30-31(23-27)39-26-42-36(30)29-18-13-12-17-28(29)24-35(38(42,9-2)10-3)43-33(25-34(40-43)37(4,5)6)32-19-14-15-22-41(32)7/h12-15,17-26H,8-11,16H2,1-7H3/q+2. The second-order valence-electron chi connectivity index (χ2n) is 13.0. The van der Waals surface area contributed by atoms with Crippen molar-refractivity contribution in [1.29, 1.82) is 0 Å². The van der Waals surface area contributed by atoms with Gasteiger partial charge in [0.1, 0.15) is 18.4 Å². The molecule has 43 heavy (non-hydrogen) atoms. The van der Waals surface area contributed by atoms with Gasteiger partial charge in [-0.25, -0.2) is 9.25 Å². The van der Waals surface area contributed by atoms with Crippen molar-refractivity contribution in [1.82, 2.24) is 14.8 Å². The Morgan fingerprint density at radius 3 is 2.40 bits per heavy atom. The molecule has 0 amide bonds. The van der Waals surface area contributed by atoms with Crippen LogP contribution in [0.5, 0.6) is 0 Å². The molecule has 1 aliphatic heterocycles. The van der Waals surface area contributed by atoms with Crippen molar-refractivity contribution in [3.63, 3.8) is 0 Å². The summed E-state index contributed by atoms with van der Waals surface area (Å²) >= 11 is 0. The number of allylic oxidation sites excluding steroid dienone is 1. The van der Waals surface area contributed by atoms with Gasteiger partial charge in [-0.15, -0.1) is 0 Å². The minimum absolute atomic E-state index is 0.101. The highest BCUT2D eigenvalue weighted by Gasteiger charge is 2.45. The van der Waals surface area contributed by atoms with Crippen molar-refractivity contribution in [2.45, 2.75) is 84.6 Å². The number of nitrogens with zero attached hydrogens (tertiary/aromatic N) is 5. The molecule has 0 bridgehead atoms. The van der Waals surface area contributed by atoms with Crippen LogP contribution in [0.3, 0.4) is 0 Å². The molecule has 0 N–H and O–H groups in total. The minimum Gasteiger partial charge on any atom is -0.226 e. The van der Waals surface area contributed by atoms with Crippen molar-refractivity contribution in [3.8, 4) is 22.6 Å². The molecule has 0 spiro atoms. The number of rotatable bonds is 7. The molecule has 3 aromatic heterocycles. The molecule has 5 nitrogen and oxygen atoms in total. The SMILES string of the molecule is CCCCc1ccc2c3[n+](cnc2c1)C(CC)(CC)C(n1nc(C(C)(C)C)cc1-c1cccc[n+]1C)=Cc1ccccc1-3. The fraction of sp³-hybridized carbons (Fsp3) is 0.368.